The molecule has 0 aliphatic carbocycles. The number of carbonyl (C=O) groups excluding carboxylic acids is 1. The first kappa shape index (κ1) is 23.7. The molecule has 0 spiro atoms. The topological polar surface area (TPSA) is 95.0 Å². The molecule has 0 bridgehead atoms. The van der Waals surface area contributed by atoms with Crippen LogP contribution in [0.3, 0.4) is 0 Å². The molecule has 0 unspecified atom stereocenters. The van der Waals surface area contributed by atoms with Gasteiger partial charge < -0.3 is 9.84 Å². The van der Waals surface area contributed by atoms with Crippen molar-refractivity contribution in [1.82, 2.24) is 15.0 Å². The number of benzene rings is 2. The Balaban J connectivity index is 1.27. The van der Waals surface area contributed by atoms with Crippen molar-refractivity contribution in [3.05, 3.63) is 65.5 Å². The third-order valence-electron chi connectivity index (χ3n) is 6.30. The minimum atomic E-state index is -0.0189. The summed E-state index contributed by atoms with van der Waals surface area (Å²) in [6.45, 7) is 8.76. The van der Waals surface area contributed by atoms with Gasteiger partial charge in [0.05, 0.1) is 19.0 Å². The van der Waals surface area contributed by atoms with Crippen LogP contribution in [0.4, 0.5) is 5.69 Å². The maximum absolute atomic E-state index is 12.7. The number of nitriles is 1. The lowest BCUT2D eigenvalue weighted by molar-refractivity contribution is -0.121. The molecule has 0 radical (unpaired) electrons. The molecule has 34 heavy (non-hydrogen) atoms. The molecule has 2 heterocycles. The lowest BCUT2D eigenvalue weighted by atomic mass is 9.87. The average Bonchev–Trinajstić information content (AvgIpc) is 3.29. The van der Waals surface area contributed by atoms with Gasteiger partial charge in [0, 0.05) is 17.2 Å². The number of nitrogens with one attached hydrogen (secondary N) is 1. The van der Waals surface area contributed by atoms with E-state index in [1.54, 1.807) is 0 Å². The van der Waals surface area contributed by atoms with Crippen LogP contribution in [0.2, 0.25) is 0 Å². The van der Waals surface area contributed by atoms with Crippen LogP contribution in [0, 0.1) is 17.2 Å². The normalized spacial score (nSPS) is 15.1. The molecule has 7 nitrogen and oxygen atoms in total. The predicted molar refractivity (Wildman–Crippen MR) is 131 cm³/mol. The maximum atomic E-state index is 12.7. The largest absolute Gasteiger partial charge is 0.338 e. The maximum Gasteiger partial charge on any atom is 0.241 e. The zero-order chi connectivity index (χ0) is 24.1. The number of hydrogen-bond acceptors (Lipinski definition) is 6. The molecule has 0 saturated carbocycles. The fourth-order valence-electron chi connectivity index (χ4n) is 4.14. The Labute approximate surface area is 200 Å². The lowest BCUT2D eigenvalue weighted by Crippen LogP contribution is -2.37. The van der Waals surface area contributed by atoms with E-state index in [4.69, 9.17) is 9.78 Å². The Morgan fingerprint density at radius 3 is 2.41 bits per heavy atom. The summed E-state index contributed by atoms with van der Waals surface area (Å²) in [5.41, 5.74) is 4.02. The van der Waals surface area contributed by atoms with Crippen molar-refractivity contribution in [1.29, 1.82) is 5.26 Å². The second-order valence-electron chi connectivity index (χ2n) is 9.91. The average molecular weight is 458 g/mol. The van der Waals surface area contributed by atoms with E-state index in [0.717, 1.165) is 42.7 Å². The Kier molecular flexibility index (Phi) is 7.09. The van der Waals surface area contributed by atoms with Crippen molar-refractivity contribution < 1.29 is 9.32 Å². The molecule has 7 heteroatoms. The molecule has 1 aliphatic heterocycles. The molecule has 1 N–H and O–H groups in total. The highest BCUT2D eigenvalue weighted by Crippen LogP contribution is 2.26. The van der Waals surface area contributed by atoms with Crippen molar-refractivity contribution in [3.8, 4) is 17.5 Å². The number of aromatic nitrogens is 2. The summed E-state index contributed by atoms with van der Waals surface area (Å²) >= 11 is 0. The number of anilines is 1. The fourth-order valence-corrected chi connectivity index (χ4v) is 4.14. The van der Waals surface area contributed by atoms with Gasteiger partial charge in [-0.25, -0.2) is 0 Å². The smallest absolute Gasteiger partial charge is 0.241 e. The zero-order valence-corrected chi connectivity index (χ0v) is 20.0. The molecule has 176 valence electrons. The Morgan fingerprint density at radius 1 is 1.12 bits per heavy atom. The van der Waals surface area contributed by atoms with Crippen molar-refractivity contribution in [2.75, 3.05) is 18.4 Å². The van der Waals surface area contributed by atoms with E-state index < -0.39 is 0 Å². The molecule has 1 fully saturated rings. The molecule has 0 atom stereocenters. The Hall–Kier alpha value is -3.50. The van der Waals surface area contributed by atoms with E-state index in [1.807, 2.05) is 36.4 Å². The Morgan fingerprint density at radius 2 is 1.79 bits per heavy atom. The summed E-state index contributed by atoms with van der Waals surface area (Å²) in [5, 5.41) is 15.9. The van der Waals surface area contributed by atoms with Crippen LogP contribution in [0.15, 0.2) is 53.1 Å². The van der Waals surface area contributed by atoms with Gasteiger partial charge >= 0.3 is 0 Å². The van der Waals surface area contributed by atoms with Crippen molar-refractivity contribution in [2.45, 2.75) is 52.0 Å². The highest BCUT2D eigenvalue weighted by atomic mass is 16.5. The van der Waals surface area contributed by atoms with Crippen LogP contribution < -0.4 is 5.32 Å². The molecule has 2 aromatic carbocycles. The molecular weight excluding hydrogens is 426 g/mol. The van der Waals surface area contributed by atoms with E-state index >= 15 is 0 Å². The van der Waals surface area contributed by atoms with Crippen LogP contribution in [-0.2, 0) is 23.2 Å². The standard InChI is InChI=1S/C27H31N5O2/c1-27(2,3)22-8-6-20(7-9-22)25-30-24(34-31-25)18-32-16-13-21(14-17-32)26(33)29-23-10-4-19(5-11-23)12-15-28/h4-11,21H,12-14,16-18H2,1-3H3,(H,29,33). The molecule has 1 aromatic heterocycles. The van der Waals surface area contributed by atoms with Gasteiger partial charge in [-0.2, -0.15) is 10.2 Å². The van der Waals surface area contributed by atoms with Gasteiger partial charge in [0.15, 0.2) is 0 Å². The van der Waals surface area contributed by atoms with Gasteiger partial charge in [-0.15, -0.1) is 0 Å². The van der Waals surface area contributed by atoms with E-state index in [9.17, 15) is 4.79 Å². The second kappa shape index (κ2) is 10.2. The highest BCUT2D eigenvalue weighted by Gasteiger charge is 2.26. The summed E-state index contributed by atoms with van der Waals surface area (Å²) in [6.07, 6.45) is 1.94. The van der Waals surface area contributed by atoms with Crippen LogP contribution in [0.5, 0.6) is 0 Å². The van der Waals surface area contributed by atoms with Gasteiger partial charge in [-0.3, -0.25) is 9.69 Å². The SMILES string of the molecule is CC(C)(C)c1ccc(-c2noc(CN3CCC(C(=O)Nc4ccc(CC#N)cc4)CC3)n2)cc1. The number of rotatable bonds is 6. The third kappa shape index (κ3) is 5.89. The van der Waals surface area contributed by atoms with E-state index in [-0.39, 0.29) is 17.2 Å². The number of piperidine rings is 1. The van der Waals surface area contributed by atoms with Crippen LogP contribution in [0.25, 0.3) is 11.4 Å². The van der Waals surface area contributed by atoms with Gasteiger partial charge in [0.2, 0.25) is 17.6 Å². The quantitative estimate of drug-likeness (QED) is 0.563. The van der Waals surface area contributed by atoms with E-state index in [1.165, 1.54) is 5.56 Å². The zero-order valence-electron chi connectivity index (χ0n) is 20.0. The minimum Gasteiger partial charge on any atom is -0.338 e. The number of nitrogens with zero attached hydrogens (tertiary/aromatic N) is 4. The molecule has 1 amide bonds. The first-order chi connectivity index (χ1) is 16.3. The number of amides is 1. The predicted octanol–water partition coefficient (Wildman–Crippen LogP) is 4.95. The van der Waals surface area contributed by atoms with E-state index in [2.05, 4.69) is 59.3 Å². The first-order valence-corrected chi connectivity index (χ1v) is 11.7. The summed E-state index contributed by atoms with van der Waals surface area (Å²) in [5.74, 6) is 1.22. The van der Waals surface area contributed by atoms with Crippen LogP contribution in [-0.4, -0.2) is 34.0 Å². The van der Waals surface area contributed by atoms with Crippen LogP contribution in [0.1, 0.15) is 50.6 Å². The van der Waals surface area contributed by atoms with Crippen molar-refractivity contribution >= 4 is 11.6 Å². The summed E-state index contributed by atoms with van der Waals surface area (Å²) in [7, 11) is 0. The third-order valence-corrected chi connectivity index (χ3v) is 6.30. The fraction of sp³-hybridized carbons (Fsp3) is 0.407. The summed E-state index contributed by atoms with van der Waals surface area (Å²) < 4.78 is 5.50. The van der Waals surface area contributed by atoms with Gasteiger partial charge in [0.1, 0.15) is 0 Å². The Bertz CT molecular complexity index is 1150. The van der Waals surface area contributed by atoms with Gasteiger partial charge in [0.25, 0.3) is 0 Å². The number of likely N-dealkylation sites (tertiary alicyclic amines) is 1. The number of carbonyl (C=O) groups is 1. The minimum absolute atomic E-state index is 0.0189. The highest BCUT2D eigenvalue weighted by molar-refractivity contribution is 5.92. The van der Waals surface area contributed by atoms with Crippen LogP contribution >= 0.6 is 0 Å². The molecular formula is C27H31N5O2. The van der Waals surface area contributed by atoms with Crippen molar-refractivity contribution in [3.63, 3.8) is 0 Å². The monoisotopic (exact) mass is 457 g/mol. The molecule has 1 saturated heterocycles. The summed E-state index contributed by atoms with van der Waals surface area (Å²) in [6, 6.07) is 17.9. The second-order valence-corrected chi connectivity index (χ2v) is 9.91. The first-order valence-electron chi connectivity index (χ1n) is 11.7. The number of hydrogen-bond donors (Lipinski definition) is 1. The molecule has 3 aromatic rings. The van der Waals surface area contributed by atoms with E-state index in [0.29, 0.717) is 24.7 Å². The van der Waals surface area contributed by atoms with Gasteiger partial charge in [-0.05, 0) is 54.6 Å². The summed E-state index contributed by atoms with van der Waals surface area (Å²) in [4.78, 5) is 19.5. The molecule has 4 rings (SSSR count). The van der Waals surface area contributed by atoms with Crippen molar-refractivity contribution in [2.24, 2.45) is 5.92 Å². The van der Waals surface area contributed by atoms with Gasteiger partial charge in [-0.1, -0.05) is 62.3 Å². The lowest BCUT2D eigenvalue weighted by Gasteiger charge is -2.30. The molecule has 1 aliphatic rings.